The third-order valence-corrected chi connectivity index (χ3v) is 1.86. The highest BCUT2D eigenvalue weighted by Crippen LogP contribution is 1.95. The van der Waals surface area contributed by atoms with Crippen LogP contribution in [0.25, 0.3) is 0 Å². The molecule has 0 bridgehead atoms. The monoisotopic (exact) mass is 183 g/mol. The van der Waals surface area contributed by atoms with Gasteiger partial charge in [-0.05, 0) is 0 Å². The fourth-order valence-electron chi connectivity index (χ4n) is 1.19. The molecule has 0 aliphatic carbocycles. The van der Waals surface area contributed by atoms with Crippen LogP contribution in [0.2, 0.25) is 0 Å². The van der Waals surface area contributed by atoms with E-state index in [-0.39, 0.29) is 18.6 Å². The van der Waals surface area contributed by atoms with Crippen molar-refractivity contribution in [1.29, 1.82) is 0 Å². The van der Waals surface area contributed by atoms with E-state index in [0.717, 1.165) is 0 Å². The van der Waals surface area contributed by atoms with E-state index in [1.807, 2.05) is 0 Å². The highest BCUT2D eigenvalue weighted by Gasteiger charge is 2.03. The Bertz CT molecular complexity index is 292. The summed E-state index contributed by atoms with van der Waals surface area (Å²) in [7, 11) is 0. The van der Waals surface area contributed by atoms with Crippen molar-refractivity contribution in [3.63, 3.8) is 0 Å². The van der Waals surface area contributed by atoms with Gasteiger partial charge in [-0.2, -0.15) is 0 Å². The van der Waals surface area contributed by atoms with Crippen molar-refractivity contribution >= 4 is 0 Å². The molecule has 0 saturated carbocycles. The second kappa shape index (κ2) is 4.79. The van der Waals surface area contributed by atoms with Gasteiger partial charge >= 0.3 is 0 Å². The fraction of sp³-hybridized carbons (Fsp3) is 0.444. The molecule has 72 valence electrons. The van der Waals surface area contributed by atoms with Gasteiger partial charge in [0, 0.05) is 49.6 Å². The van der Waals surface area contributed by atoms with E-state index in [4.69, 9.17) is 10.2 Å². The van der Waals surface area contributed by atoms with Gasteiger partial charge in [0.05, 0.1) is 0 Å². The number of nitrogens with one attached hydrogen (secondary N) is 1. The SMILES string of the molecule is O=c1c(CCO)c[nH]cc1CCO. The van der Waals surface area contributed by atoms with Crippen LogP contribution < -0.4 is 5.43 Å². The molecule has 0 radical (unpaired) electrons. The van der Waals surface area contributed by atoms with E-state index >= 15 is 0 Å². The van der Waals surface area contributed by atoms with Crippen LogP contribution in [0.5, 0.6) is 0 Å². The van der Waals surface area contributed by atoms with Crippen molar-refractivity contribution in [2.45, 2.75) is 12.8 Å². The maximum absolute atomic E-state index is 11.5. The molecule has 1 heterocycles. The normalized spacial score (nSPS) is 10.3. The Balaban J connectivity index is 2.97. The zero-order valence-corrected chi connectivity index (χ0v) is 7.29. The molecule has 4 nitrogen and oxygen atoms in total. The van der Waals surface area contributed by atoms with Gasteiger partial charge in [0.25, 0.3) is 0 Å². The number of aliphatic hydroxyl groups excluding tert-OH is 2. The third-order valence-electron chi connectivity index (χ3n) is 1.86. The molecule has 0 amide bonds. The lowest BCUT2D eigenvalue weighted by Crippen LogP contribution is -2.16. The van der Waals surface area contributed by atoms with Gasteiger partial charge in [-0.25, -0.2) is 0 Å². The first-order valence-electron chi connectivity index (χ1n) is 4.20. The Hall–Kier alpha value is -1.13. The Morgan fingerprint density at radius 1 is 1.08 bits per heavy atom. The maximum Gasteiger partial charge on any atom is 0.188 e. The predicted octanol–water partition coefficient (Wildman–Crippen LogP) is -0.556. The number of H-pyrrole nitrogens is 1. The van der Waals surface area contributed by atoms with Crippen LogP contribution in [0.3, 0.4) is 0 Å². The van der Waals surface area contributed by atoms with E-state index in [1.165, 1.54) is 0 Å². The van der Waals surface area contributed by atoms with E-state index < -0.39 is 0 Å². The lowest BCUT2D eigenvalue weighted by Gasteiger charge is -2.00. The van der Waals surface area contributed by atoms with Gasteiger partial charge in [0.1, 0.15) is 0 Å². The van der Waals surface area contributed by atoms with Gasteiger partial charge in [0.15, 0.2) is 5.43 Å². The summed E-state index contributed by atoms with van der Waals surface area (Å²) in [6, 6.07) is 0. The molecular weight excluding hydrogens is 170 g/mol. The van der Waals surface area contributed by atoms with E-state index in [9.17, 15) is 4.79 Å². The number of aromatic nitrogens is 1. The summed E-state index contributed by atoms with van der Waals surface area (Å²) in [5.41, 5.74) is 1.05. The molecule has 1 rings (SSSR count). The molecule has 0 atom stereocenters. The van der Waals surface area contributed by atoms with E-state index in [0.29, 0.717) is 24.0 Å². The highest BCUT2D eigenvalue weighted by atomic mass is 16.3. The van der Waals surface area contributed by atoms with E-state index in [1.54, 1.807) is 12.4 Å². The van der Waals surface area contributed by atoms with Crippen molar-refractivity contribution < 1.29 is 10.2 Å². The first kappa shape index (κ1) is 9.95. The Morgan fingerprint density at radius 2 is 1.54 bits per heavy atom. The smallest absolute Gasteiger partial charge is 0.188 e. The standard InChI is InChI=1S/C9H13NO3/c11-3-1-7-5-10-6-8(2-4-12)9(7)13/h5-6,11-12H,1-4H2,(H,10,13). The zero-order chi connectivity index (χ0) is 9.68. The summed E-state index contributed by atoms with van der Waals surface area (Å²) >= 11 is 0. The molecule has 0 fully saturated rings. The number of pyridine rings is 1. The van der Waals surface area contributed by atoms with Gasteiger partial charge in [-0.15, -0.1) is 0 Å². The molecule has 0 aliphatic heterocycles. The molecule has 1 aromatic heterocycles. The minimum absolute atomic E-state index is 0.0361. The van der Waals surface area contributed by atoms with Crippen LogP contribution in [0.15, 0.2) is 17.2 Å². The van der Waals surface area contributed by atoms with Crippen molar-refractivity contribution in [2.24, 2.45) is 0 Å². The molecule has 0 unspecified atom stereocenters. The van der Waals surface area contributed by atoms with E-state index in [2.05, 4.69) is 4.98 Å². The summed E-state index contributed by atoms with van der Waals surface area (Å²) in [4.78, 5) is 14.3. The van der Waals surface area contributed by atoms with Crippen LogP contribution in [0.1, 0.15) is 11.1 Å². The van der Waals surface area contributed by atoms with Crippen LogP contribution in [0.4, 0.5) is 0 Å². The second-order valence-electron chi connectivity index (χ2n) is 2.78. The summed E-state index contributed by atoms with van der Waals surface area (Å²) in [5, 5.41) is 17.3. The van der Waals surface area contributed by atoms with Crippen molar-refractivity contribution in [2.75, 3.05) is 13.2 Å². The van der Waals surface area contributed by atoms with Crippen LogP contribution in [0, 0.1) is 0 Å². The molecule has 0 saturated heterocycles. The molecule has 0 aromatic carbocycles. The van der Waals surface area contributed by atoms with Gasteiger partial charge < -0.3 is 15.2 Å². The molecule has 3 N–H and O–H groups in total. The van der Waals surface area contributed by atoms with Crippen molar-refractivity contribution in [1.82, 2.24) is 4.98 Å². The topological polar surface area (TPSA) is 73.3 Å². The second-order valence-corrected chi connectivity index (χ2v) is 2.78. The number of rotatable bonds is 4. The average molecular weight is 183 g/mol. The largest absolute Gasteiger partial charge is 0.396 e. The minimum atomic E-state index is -0.0816. The number of hydrogen-bond acceptors (Lipinski definition) is 3. The van der Waals surface area contributed by atoms with Gasteiger partial charge in [-0.3, -0.25) is 4.79 Å². The predicted molar refractivity (Wildman–Crippen MR) is 48.6 cm³/mol. The highest BCUT2D eigenvalue weighted by molar-refractivity contribution is 5.19. The Morgan fingerprint density at radius 3 is 1.92 bits per heavy atom. The fourth-order valence-corrected chi connectivity index (χ4v) is 1.19. The first-order chi connectivity index (χ1) is 6.29. The van der Waals surface area contributed by atoms with Gasteiger partial charge in [-0.1, -0.05) is 0 Å². The molecule has 0 spiro atoms. The number of aromatic amines is 1. The quantitative estimate of drug-likeness (QED) is 0.586. The Labute approximate surface area is 75.9 Å². The zero-order valence-electron chi connectivity index (χ0n) is 7.29. The Kier molecular flexibility index (Phi) is 3.67. The molecule has 4 heteroatoms. The summed E-state index contributed by atoms with van der Waals surface area (Å²) in [5.74, 6) is 0. The molecule has 0 aliphatic rings. The van der Waals surface area contributed by atoms with Gasteiger partial charge in [0.2, 0.25) is 0 Å². The molecule has 1 aromatic rings. The van der Waals surface area contributed by atoms with Crippen LogP contribution in [-0.4, -0.2) is 28.4 Å². The third kappa shape index (κ3) is 2.40. The summed E-state index contributed by atoms with van der Waals surface area (Å²) in [6.45, 7) is -0.0721. The average Bonchev–Trinajstić information content (AvgIpc) is 2.13. The van der Waals surface area contributed by atoms with Crippen molar-refractivity contribution in [3.8, 4) is 0 Å². The lowest BCUT2D eigenvalue weighted by atomic mass is 10.1. The number of hydrogen-bond donors (Lipinski definition) is 3. The van der Waals surface area contributed by atoms with Crippen LogP contribution in [-0.2, 0) is 12.8 Å². The minimum Gasteiger partial charge on any atom is -0.396 e. The number of aliphatic hydroxyl groups is 2. The van der Waals surface area contributed by atoms with Crippen LogP contribution >= 0.6 is 0 Å². The lowest BCUT2D eigenvalue weighted by molar-refractivity contribution is 0.297. The molecule has 13 heavy (non-hydrogen) atoms. The first-order valence-corrected chi connectivity index (χ1v) is 4.20. The maximum atomic E-state index is 11.5. The molecular formula is C9H13NO3. The van der Waals surface area contributed by atoms with Crippen molar-refractivity contribution in [3.05, 3.63) is 33.7 Å². The summed E-state index contributed by atoms with van der Waals surface area (Å²) in [6.07, 6.45) is 3.88. The summed E-state index contributed by atoms with van der Waals surface area (Å²) < 4.78 is 0.